The molecule has 2 rings (SSSR count). The van der Waals surface area contributed by atoms with Gasteiger partial charge in [-0.05, 0) is 37.0 Å². The van der Waals surface area contributed by atoms with Crippen molar-refractivity contribution in [3.05, 3.63) is 39.8 Å². The Balaban J connectivity index is 2.34. The lowest BCUT2D eigenvalue weighted by Gasteiger charge is -2.13. The summed E-state index contributed by atoms with van der Waals surface area (Å²) in [6.45, 7) is 7.63. The van der Waals surface area contributed by atoms with E-state index in [9.17, 15) is 4.79 Å². The normalized spacial score (nSPS) is 11.2. The summed E-state index contributed by atoms with van der Waals surface area (Å²) in [7, 11) is 0. The van der Waals surface area contributed by atoms with E-state index in [0.717, 1.165) is 40.8 Å². The molecule has 0 atom stereocenters. The first-order valence-corrected chi connectivity index (χ1v) is 11.0. The Morgan fingerprint density at radius 2 is 1.93 bits per heavy atom. The first kappa shape index (κ1) is 22.9. The van der Waals surface area contributed by atoms with E-state index in [4.69, 9.17) is 38.7 Å². The number of unbranched alkanes of at least 4 members (excludes halogenated alkanes) is 1. The molecule has 0 saturated heterocycles. The van der Waals surface area contributed by atoms with Crippen molar-refractivity contribution in [3.63, 3.8) is 0 Å². The maximum Gasteiger partial charge on any atom is 0.404 e. The topological polar surface area (TPSA) is 70.1 Å². The second-order valence-corrected chi connectivity index (χ2v) is 8.79. The number of carbonyl (C=O) groups excluding carboxylic acids is 1. The van der Waals surface area contributed by atoms with E-state index in [-0.39, 0.29) is 5.92 Å². The van der Waals surface area contributed by atoms with Crippen LogP contribution in [0.4, 0.5) is 4.79 Å². The van der Waals surface area contributed by atoms with E-state index in [2.05, 4.69) is 25.3 Å². The summed E-state index contributed by atoms with van der Waals surface area (Å²) in [5, 5.41) is 2.35. The van der Waals surface area contributed by atoms with Gasteiger partial charge in [0.2, 0.25) is 0 Å². The number of aromatic nitrogens is 2. The Labute approximate surface area is 180 Å². The molecular formula is C20H27Cl2N3O2S. The second-order valence-electron chi connectivity index (χ2n) is 6.86. The number of halogens is 2. The molecule has 2 aromatic rings. The Hall–Kier alpha value is -1.37. The molecule has 28 heavy (non-hydrogen) atoms. The van der Waals surface area contributed by atoms with Crippen molar-refractivity contribution in [2.75, 3.05) is 6.61 Å². The number of rotatable bonds is 10. The van der Waals surface area contributed by atoms with Gasteiger partial charge in [-0.1, -0.05) is 62.2 Å². The number of hydrogen-bond acceptors (Lipinski definition) is 4. The summed E-state index contributed by atoms with van der Waals surface area (Å²) >= 11 is 14.0. The van der Waals surface area contributed by atoms with Crippen molar-refractivity contribution in [1.29, 1.82) is 0 Å². The lowest BCUT2D eigenvalue weighted by Crippen LogP contribution is -2.14. The van der Waals surface area contributed by atoms with Gasteiger partial charge in [-0.2, -0.15) is 0 Å². The fraction of sp³-hybridized carbons (Fsp3) is 0.500. The van der Waals surface area contributed by atoms with Gasteiger partial charge < -0.3 is 15.0 Å². The largest absolute Gasteiger partial charge is 0.450 e. The summed E-state index contributed by atoms with van der Waals surface area (Å²) in [4.78, 5) is 16.7. The number of imidazole rings is 1. The predicted octanol–water partition coefficient (Wildman–Crippen LogP) is 6.29. The standard InChI is InChI=1S/C20H27Cl2N3O2S/c1-4-5-8-25-17(7-6-9-27-20(23)26)24-18(13(2)3)19(25)28-16-11-14(21)10-15(22)12-16/h10-13H,4-9H2,1-3H3,(H2,23,26). The molecule has 1 aromatic heterocycles. The molecular weight excluding hydrogens is 417 g/mol. The van der Waals surface area contributed by atoms with Crippen LogP contribution in [0.2, 0.25) is 10.0 Å². The van der Waals surface area contributed by atoms with Gasteiger partial charge in [0, 0.05) is 27.9 Å². The van der Waals surface area contributed by atoms with Gasteiger partial charge in [-0.3, -0.25) is 0 Å². The van der Waals surface area contributed by atoms with Crippen LogP contribution >= 0.6 is 35.0 Å². The molecule has 8 heteroatoms. The molecule has 0 aliphatic heterocycles. The van der Waals surface area contributed by atoms with Crippen LogP contribution in [-0.4, -0.2) is 22.3 Å². The van der Waals surface area contributed by atoms with Crippen LogP contribution < -0.4 is 5.73 Å². The molecule has 154 valence electrons. The van der Waals surface area contributed by atoms with Crippen molar-refractivity contribution >= 4 is 41.1 Å². The molecule has 1 aromatic carbocycles. The van der Waals surface area contributed by atoms with Crippen molar-refractivity contribution in [2.24, 2.45) is 5.73 Å². The third kappa shape index (κ3) is 6.61. The van der Waals surface area contributed by atoms with Gasteiger partial charge in [0.05, 0.1) is 12.3 Å². The quantitative estimate of drug-likeness (QED) is 0.437. The van der Waals surface area contributed by atoms with Crippen LogP contribution in [0.25, 0.3) is 0 Å². The molecule has 1 amide bonds. The highest BCUT2D eigenvalue weighted by Crippen LogP contribution is 2.37. The van der Waals surface area contributed by atoms with Crippen molar-refractivity contribution in [2.45, 2.75) is 68.8 Å². The Morgan fingerprint density at radius 3 is 2.50 bits per heavy atom. The number of aryl methyl sites for hydroxylation is 1. The molecule has 0 spiro atoms. The second kappa shape index (κ2) is 11.0. The minimum atomic E-state index is -0.744. The number of hydrogen-bond donors (Lipinski definition) is 1. The van der Waals surface area contributed by atoms with E-state index >= 15 is 0 Å². The zero-order valence-corrected chi connectivity index (χ0v) is 18.8. The van der Waals surface area contributed by atoms with Gasteiger partial charge in [0.25, 0.3) is 0 Å². The lowest BCUT2D eigenvalue weighted by atomic mass is 10.1. The minimum Gasteiger partial charge on any atom is -0.450 e. The van der Waals surface area contributed by atoms with Crippen LogP contribution in [0.3, 0.4) is 0 Å². The van der Waals surface area contributed by atoms with Crippen LogP contribution in [0.1, 0.15) is 57.5 Å². The highest BCUT2D eigenvalue weighted by Gasteiger charge is 2.20. The monoisotopic (exact) mass is 443 g/mol. The van der Waals surface area contributed by atoms with Crippen molar-refractivity contribution < 1.29 is 9.53 Å². The van der Waals surface area contributed by atoms with Gasteiger partial charge >= 0.3 is 6.09 Å². The van der Waals surface area contributed by atoms with Crippen LogP contribution in [0.15, 0.2) is 28.1 Å². The SMILES string of the molecule is CCCCn1c(CCCOC(N)=O)nc(C(C)C)c1Sc1cc(Cl)cc(Cl)c1. The van der Waals surface area contributed by atoms with E-state index in [1.807, 2.05) is 12.1 Å². The average Bonchev–Trinajstić information content (AvgIpc) is 2.93. The number of nitrogens with zero attached hydrogens (tertiary/aromatic N) is 2. The molecule has 0 fully saturated rings. The number of nitrogens with two attached hydrogens (primary N) is 1. The highest BCUT2D eigenvalue weighted by molar-refractivity contribution is 7.99. The lowest BCUT2D eigenvalue weighted by molar-refractivity contribution is 0.155. The summed E-state index contributed by atoms with van der Waals surface area (Å²) < 4.78 is 7.14. The summed E-state index contributed by atoms with van der Waals surface area (Å²) in [6, 6.07) is 5.56. The van der Waals surface area contributed by atoms with Crippen LogP contribution in [0.5, 0.6) is 0 Å². The molecule has 1 heterocycles. The number of carbonyl (C=O) groups is 1. The molecule has 0 saturated carbocycles. The van der Waals surface area contributed by atoms with Crippen molar-refractivity contribution in [1.82, 2.24) is 9.55 Å². The maximum absolute atomic E-state index is 10.8. The van der Waals surface area contributed by atoms with Gasteiger partial charge in [-0.25, -0.2) is 9.78 Å². The first-order chi connectivity index (χ1) is 13.3. The molecule has 0 radical (unpaired) electrons. The Bertz CT molecular complexity index is 789. The summed E-state index contributed by atoms with van der Waals surface area (Å²) in [6.07, 6.45) is 2.80. The fourth-order valence-electron chi connectivity index (χ4n) is 2.83. The molecule has 5 nitrogen and oxygen atoms in total. The van der Waals surface area contributed by atoms with Crippen molar-refractivity contribution in [3.8, 4) is 0 Å². The smallest absolute Gasteiger partial charge is 0.404 e. The summed E-state index contributed by atoms with van der Waals surface area (Å²) in [5.74, 6) is 1.28. The zero-order valence-electron chi connectivity index (χ0n) is 16.5. The maximum atomic E-state index is 10.8. The van der Waals surface area contributed by atoms with E-state index in [0.29, 0.717) is 29.5 Å². The molecule has 0 aliphatic rings. The van der Waals surface area contributed by atoms with Gasteiger partial charge in [-0.15, -0.1) is 0 Å². The molecule has 0 bridgehead atoms. The van der Waals surface area contributed by atoms with E-state index < -0.39 is 6.09 Å². The number of amides is 1. The molecule has 0 aliphatic carbocycles. The zero-order chi connectivity index (χ0) is 20.7. The average molecular weight is 444 g/mol. The third-order valence-corrected chi connectivity index (χ3v) is 5.68. The molecule has 0 unspecified atom stereocenters. The highest BCUT2D eigenvalue weighted by atomic mass is 35.5. The summed E-state index contributed by atoms with van der Waals surface area (Å²) in [5.41, 5.74) is 6.10. The van der Waals surface area contributed by atoms with Crippen LogP contribution in [0, 0.1) is 0 Å². The van der Waals surface area contributed by atoms with Gasteiger partial charge in [0.15, 0.2) is 0 Å². The first-order valence-electron chi connectivity index (χ1n) is 9.47. The molecule has 2 N–H and O–H groups in total. The van der Waals surface area contributed by atoms with E-state index in [1.165, 1.54) is 0 Å². The van der Waals surface area contributed by atoms with Gasteiger partial charge in [0.1, 0.15) is 10.9 Å². The van der Waals surface area contributed by atoms with Crippen LogP contribution in [-0.2, 0) is 17.7 Å². The third-order valence-electron chi connectivity index (χ3n) is 4.15. The number of primary amides is 1. The number of benzene rings is 1. The fourth-order valence-corrected chi connectivity index (χ4v) is 4.77. The van der Waals surface area contributed by atoms with E-state index in [1.54, 1.807) is 17.8 Å². The Kier molecular flexibility index (Phi) is 8.99. The minimum absolute atomic E-state index is 0.278. The Morgan fingerprint density at radius 1 is 1.25 bits per heavy atom. The predicted molar refractivity (Wildman–Crippen MR) is 116 cm³/mol. The number of ether oxygens (including phenoxy) is 1.